The molecule has 2 rings (SSSR count). The number of rotatable bonds is 4. The molecule has 0 unspecified atom stereocenters. The number of aromatic nitrogens is 1. The summed E-state index contributed by atoms with van der Waals surface area (Å²) < 4.78 is 28.0. The Labute approximate surface area is 129 Å². The number of aryl methyl sites for hydroxylation is 2. The predicted molar refractivity (Wildman–Crippen MR) is 82.5 cm³/mol. The van der Waals surface area contributed by atoms with Crippen molar-refractivity contribution in [3.63, 3.8) is 0 Å². The molecule has 0 aliphatic heterocycles. The van der Waals surface area contributed by atoms with Gasteiger partial charge in [0.1, 0.15) is 10.7 Å². The molecule has 0 saturated heterocycles. The van der Waals surface area contributed by atoms with Crippen LogP contribution in [0.1, 0.15) is 15.3 Å². The third kappa shape index (κ3) is 3.20. The first-order valence-electron chi connectivity index (χ1n) is 5.68. The van der Waals surface area contributed by atoms with Crippen molar-refractivity contribution in [2.75, 3.05) is 4.72 Å². The Morgan fingerprint density at radius 2 is 2.10 bits per heavy atom. The maximum Gasteiger partial charge on any atom is 0.264 e. The highest BCUT2D eigenvalue weighted by molar-refractivity contribution is 9.10. The third-order valence-corrected chi connectivity index (χ3v) is 5.71. The fraction of sp³-hybridized carbons (Fsp3) is 0.250. The van der Waals surface area contributed by atoms with Crippen molar-refractivity contribution in [1.82, 2.24) is 4.98 Å². The van der Waals surface area contributed by atoms with Crippen LogP contribution in [0.5, 0.6) is 0 Å². The van der Waals surface area contributed by atoms with E-state index in [1.54, 1.807) is 19.9 Å². The average Bonchev–Trinajstić information content (AvgIpc) is 2.75. The molecular formula is C12H13BrN2O3S2. The molecule has 0 atom stereocenters. The number of sulfonamides is 1. The van der Waals surface area contributed by atoms with E-state index in [0.29, 0.717) is 15.6 Å². The van der Waals surface area contributed by atoms with Gasteiger partial charge in [0.2, 0.25) is 0 Å². The second kappa shape index (κ2) is 5.80. The second-order valence-electron chi connectivity index (χ2n) is 4.22. The van der Waals surface area contributed by atoms with Gasteiger partial charge in [0.05, 0.1) is 6.61 Å². The molecule has 0 bridgehead atoms. The Morgan fingerprint density at radius 1 is 1.40 bits per heavy atom. The van der Waals surface area contributed by atoms with Crippen molar-refractivity contribution >= 4 is 43.1 Å². The van der Waals surface area contributed by atoms with Crippen molar-refractivity contribution in [2.24, 2.45) is 0 Å². The van der Waals surface area contributed by atoms with Crippen molar-refractivity contribution in [3.05, 3.63) is 38.1 Å². The van der Waals surface area contributed by atoms with E-state index in [0.717, 1.165) is 10.0 Å². The van der Waals surface area contributed by atoms with Crippen LogP contribution in [-0.4, -0.2) is 18.5 Å². The topological polar surface area (TPSA) is 79.3 Å². The molecule has 0 amide bonds. The van der Waals surface area contributed by atoms with Crippen LogP contribution >= 0.6 is 27.3 Å². The SMILES string of the molecule is Cc1cc(Br)cnc1NS(=O)(=O)c1cc(CO)sc1C. The molecule has 0 aliphatic carbocycles. The van der Waals surface area contributed by atoms with E-state index in [-0.39, 0.29) is 11.5 Å². The lowest BCUT2D eigenvalue weighted by molar-refractivity contribution is 0.285. The Hall–Kier alpha value is -0.960. The lowest BCUT2D eigenvalue weighted by atomic mass is 10.3. The van der Waals surface area contributed by atoms with E-state index in [1.165, 1.54) is 23.6 Å². The lowest BCUT2D eigenvalue weighted by Gasteiger charge is -2.09. The summed E-state index contributed by atoms with van der Waals surface area (Å²) in [6.07, 6.45) is 1.53. The Kier molecular flexibility index (Phi) is 4.48. The summed E-state index contributed by atoms with van der Waals surface area (Å²) in [6, 6.07) is 3.26. The minimum atomic E-state index is -3.70. The number of hydrogen-bond donors (Lipinski definition) is 2. The van der Waals surface area contributed by atoms with E-state index in [4.69, 9.17) is 5.11 Å². The summed E-state index contributed by atoms with van der Waals surface area (Å²) in [5, 5.41) is 9.08. The Balaban J connectivity index is 2.38. The number of anilines is 1. The molecule has 20 heavy (non-hydrogen) atoms. The van der Waals surface area contributed by atoms with Gasteiger partial charge in [-0.05, 0) is 47.5 Å². The predicted octanol–water partition coefficient (Wildman–Crippen LogP) is 2.82. The number of pyridine rings is 1. The van der Waals surface area contributed by atoms with Gasteiger partial charge < -0.3 is 5.11 Å². The highest BCUT2D eigenvalue weighted by Crippen LogP contribution is 2.28. The number of halogens is 1. The first-order chi connectivity index (χ1) is 9.33. The minimum absolute atomic E-state index is 0.170. The number of nitrogens with one attached hydrogen (secondary N) is 1. The molecule has 2 aromatic rings. The third-order valence-electron chi connectivity index (χ3n) is 2.64. The molecule has 2 aromatic heterocycles. The fourth-order valence-electron chi connectivity index (χ4n) is 1.70. The molecular weight excluding hydrogens is 364 g/mol. The summed E-state index contributed by atoms with van der Waals surface area (Å²) in [6.45, 7) is 3.31. The van der Waals surface area contributed by atoms with Gasteiger partial charge in [0, 0.05) is 20.4 Å². The summed E-state index contributed by atoms with van der Waals surface area (Å²) in [4.78, 5) is 5.49. The Bertz CT molecular complexity index is 741. The van der Waals surface area contributed by atoms with Crippen LogP contribution in [0.4, 0.5) is 5.82 Å². The monoisotopic (exact) mass is 376 g/mol. The standard InChI is InChI=1S/C12H13BrN2O3S2/c1-7-3-9(13)5-14-12(7)15-20(17,18)11-4-10(6-16)19-8(11)2/h3-5,16H,6H2,1-2H3,(H,14,15). The summed E-state index contributed by atoms with van der Waals surface area (Å²) in [5.74, 6) is 0.296. The highest BCUT2D eigenvalue weighted by Gasteiger charge is 2.21. The molecule has 0 radical (unpaired) electrons. The molecule has 2 N–H and O–H groups in total. The summed E-state index contributed by atoms with van der Waals surface area (Å²) >= 11 is 4.54. The second-order valence-corrected chi connectivity index (χ2v) is 8.12. The van der Waals surface area contributed by atoms with E-state index in [2.05, 4.69) is 25.6 Å². The number of thiophene rings is 1. The van der Waals surface area contributed by atoms with Crippen LogP contribution in [0.3, 0.4) is 0 Å². The van der Waals surface area contributed by atoms with E-state index >= 15 is 0 Å². The highest BCUT2D eigenvalue weighted by atomic mass is 79.9. The largest absolute Gasteiger partial charge is 0.391 e. The van der Waals surface area contributed by atoms with Crippen molar-refractivity contribution in [3.8, 4) is 0 Å². The van der Waals surface area contributed by atoms with Crippen molar-refractivity contribution in [2.45, 2.75) is 25.3 Å². The fourth-order valence-corrected chi connectivity index (χ4v) is 4.72. The van der Waals surface area contributed by atoms with Gasteiger partial charge in [0.15, 0.2) is 0 Å². The van der Waals surface area contributed by atoms with Gasteiger partial charge in [-0.1, -0.05) is 0 Å². The molecule has 2 heterocycles. The van der Waals surface area contributed by atoms with Crippen LogP contribution in [0.25, 0.3) is 0 Å². The maximum atomic E-state index is 12.4. The van der Waals surface area contributed by atoms with E-state index in [1.807, 2.05) is 0 Å². The van der Waals surface area contributed by atoms with Crippen molar-refractivity contribution in [1.29, 1.82) is 0 Å². The first-order valence-corrected chi connectivity index (χ1v) is 8.78. The quantitative estimate of drug-likeness (QED) is 0.859. The summed E-state index contributed by atoms with van der Waals surface area (Å²) in [5.41, 5.74) is 0.721. The zero-order valence-corrected chi connectivity index (χ0v) is 14.1. The molecule has 0 aromatic carbocycles. The molecule has 108 valence electrons. The lowest BCUT2D eigenvalue weighted by Crippen LogP contribution is -2.15. The van der Waals surface area contributed by atoms with Crippen LogP contribution in [0.15, 0.2) is 27.7 Å². The first kappa shape index (κ1) is 15.4. The van der Waals surface area contributed by atoms with E-state index < -0.39 is 10.0 Å². The van der Waals surface area contributed by atoms with Crippen LogP contribution in [0, 0.1) is 13.8 Å². The molecule has 0 spiro atoms. The van der Waals surface area contributed by atoms with Gasteiger partial charge in [-0.2, -0.15) is 0 Å². The average molecular weight is 377 g/mol. The molecule has 8 heteroatoms. The Morgan fingerprint density at radius 3 is 2.65 bits per heavy atom. The van der Waals surface area contributed by atoms with Gasteiger partial charge in [-0.3, -0.25) is 4.72 Å². The molecule has 5 nitrogen and oxygen atoms in total. The zero-order valence-electron chi connectivity index (χ0n) is 10.8. The number of aliphatic hydroxyl groups is 1. The maximum absolute atomic E-state index is 12.4. The number of aliphatic hydroxyl groups excluding tert-OH is 1. The van der Waals surface area contributed by atoms with Crippen LogP contribution < -0.4 is 4.72 Å². The van der Waals surface area contributed by atoms with Gasteiger partial charge >= 0.3 is 0 Å². The van der Waals surface area contributed by atoms with Crippen molar-refractivity contribution < 1.29 is 13.5 Å². The van der Waals surface area contributed by atoms with E-state index in [9.17, 15) is 8.42 Å². The summed E-state index contributed by atoms with van der Waals surface area (Å²) in [7, 11) is -3.70. The van der Waals surface area contributed by atoms with Crippen LogP contribution in [-0.2, 0) is 16.6 Å². The number of hydrogen-bond acceptors (Lipinski definition) is 5. The molecule has 0 saturated carbocycles. The van der Waals surface area contributed by atoms with Crippen LogP contribution in [0.2, 0.25) is 0 Å². The smallest absolute Gasteiger partial charge is 0.264 e. The molecule has 0 fully saturated rings. The molecule has 0 aliphatic rings. The number of nitrogens with zero attached hydrogens (tertiary/aromatic N) is 1. The normalized spacial score (nSPS) is 11.6. The van der Waals surface area contributed by atoms with Gasteiger partial charge in [-0.15, -0.1) is 11.3 Å². The minimum Gasteiger partial charge on any atom is -0.391 e. The van der Waals surface area contributed by atoms with Gasteiger partial charge in [-0.25, -0.2) is 13.4 Å². The zero-order chi connectivity index (χ0) is 14.9. The van der Waals surface area contributed by atoms with Gasteiger partial charge in [0.25, 0.3) is 10.0 Å².